The van der Waals surface area contributed by atoms with E-state index in [1.807, 2.05) is 6.92 Å². The van der Waals surface area contributed by atoms with Crippen LogP contribution in [0.5, 0.6) is 0 Å². The van der Waals surface area contributed by atoms with E-state index >= 15 is 0 Å². The summed E-state index contributed by atoms with van der Waals surface area (Å²) in [5, 5.41) is 170. The minimum absolute atomic E-state index is 0.0290. The highest BCUT2D eigenvalue weighted by Crippen LogP contribution is 2.74. The zero-order chi connectivity index (χ0) is 55.1. The number of aliphatic hydroxyl groups is 16. The van der Waals surface area contributed by atoms with Gasteiger partial charge in [0.1, 0.15) is 116 Å². The van der Waals surface area contributed by atoms with Gasteiger partial charge >= 0.3 is 5.97 Å². The van der Waals surface area contributed by atoms with Crippen molar-refractivity contribution >= 4 is 5.97 Å². The number of ether oxygens (including phenoxy) is 10. The maximum atomic E-state index is 14.6. The van der Waals surface area contributed by atoms with Crippen molar-refractivity contribution in [3.05, 3.63) is 12.2 Å². The Labute approximate surface area is 437 Å². The number of rotatable bonds is 14. The zero-order valence-corrected chi connectivity index (χ0v) is 42.3. The summed E-state index contributed by atoms with van der Waals surface area (Å²) in [6.45, 7) is 5.19. The number of aliphatic hydroxyl groups excluding tert-OH is 16. The molecule has 0 radical (unpaired) electrons. The lowest BCUT2D eigenvalue weighted by Gasteiger charge is -2.64. The molecule has 5 saturated heterocycles. The fraction of sp³-hybridized carbons (Fsp3) is 0.939. The average Bonchev–Trinajstić information content (AvgIpc) is 3.81. The summed E-state index contributed by atoms with van der Waals surface area (Å²) >= 11 is 0. The van der Waals surface area contributed by atoms with E-state index in [1.54, 1.807) is 0 Å². The minimum Gasteiger partial charge on any atom is -0.432 e. The molecule has 27 heteroatoms. The Kier molecular flexibility index (Phi) is 17.4. The van der Waals surface area contributed by atoms with E-state index in [2.05, 4.69) is 13.5 Å². The summed E-state index contributed by atoms with van der Waals surface area (Å²) in [6.07, 6.45) is -36.5. The molecule has 0 unspecified atom stereocenters. The molecule has 4 saturated carbocycles. The molecule has 16 N–H and O–H groups in total. The van der Waals surface area contributed by atoms with Gasteiger partial charge < -0.3 is 129 Å². The summed E-state index contributed by atoms with van der Waals surface area (Å²) in [5.74, 6) is -0.988. The van der Waals surface area contributed by atoms with Crippen molar-refractivity contribution in [2.24, 2.45) is 28.1 Å². The van der Waals surface area contributed by atoms with Crippen molar-refractivity contribution < 1.29 is 134 Å². The van der Waals surface area contributed by atoms with Crippen molar-refractivity contribution in [3.8, 4) is 0 Å². The van der Waals surface area contributed by atoms with E-state index in [9.17, 15) is 86.5 Å². The molecule has 9 rings (SSSR count). The van der Waals surface area contributed by atoms with Crippen LogP contribution in [-0.2, 0) is 52.2 Å². The first-order chi connectivity index (χ1) is 35.9. The Hall–Kier alpha value is -1.79. The largest absolute Gasteiger partial charge is 0.432 e. The molecule has 2 bridgehead atoms. The molecular formula is C49H78O27. The average molecular weight is 1100 g/mol. The van der Waals surface area contributed by atoms with E-state index < -0.39 is 202 Å². The van der Waals surface area contributed by atoms with Crippen LogP contribution in [0.1, 0.15) is 71.6 Å². The minimum atomic E-state index is -1.98. The van der Waals surface area contributed by atoms with Gasteiger partial charge in [-0.05, 0) is 86.5 Å². The van der Waals surface area contributed by atoms with Crippen LogP contribution >= 0.6 is 0 Å². The van der Waals surface area contributed by atoms with Crippen LogP contribution in [0.2, 0.25) is 0 Å². The third-order valence-corrected chi connectivity index (χ3v) is 18.8. The van der Waals surface area contributed by atoms with Gasteiger partial charge in [0.05, 0.1) is 44.1 Å². The number of fused-ring (bicyclic) bond motifs is 3. The molecule has 5 aliphatic heterocycles. The number of hydrogen-bond donors (Lipinski definition) is 16. The molecule has 30 atom stereocenters. The normalized spacial score (nSPS) is 54.6. The van der Waals surface area contributed by atoms with Crippen LogP contribution in [0.25, 0.3) is 0 Å². The van der Waals surface area contributed by atoms with Crippen LogP contribution < -0.4 is 0 Å². The Morgan fingerprint density at radius 2 is 1.11 bits per heavy atom. The van der Waals surface area contributed by atoms with Gasteiger partial charge in [-0.2, -0.15) is 0 Å². The van der Waals surface area contributed by atoms with E-state index in [-0.39, 0.29) is 18.4 Å². The summed E-state index contributed by atoms with van der Waals surface area (Å²) in [4.78, 5) is 14.6. The Balaban J connectivity index is 0.939. The summed E-state index contributed by atoms with van der Waals surface area (Å²) in [7, 11) is 0. The maximum Gasteiger partial charge on any atom is 0.314 e. The van der Waals surface area contributed by atoms with Crippen molar-refractivity contribution in [2.75, 3.05) is 33.0 Å². The van der Waals surface area contributed by atoms with E-state index in [1.165, 1.54) is 0 Å². The van der Waals surface area contributed by atoms with Crippen LogP contribution in [0, 0.1) is 28.1 Å². The Bertz CT molecular complexity index is 2020. The van der Waals surface area contributed by atoms with Gasteiger partial charge in [0, 0.05) is 0 Å². The molecule has 9 fully saturated rings. The fourth-order valence-electron chi connectivity index (χ4n) is 14.6. The number of esters is 1. The fourth-order valence-corrected chi connectivity index (χ4v) is 14.6. The lowest BCUT2D eigenvalue weighted by Crippen LogP contribution is -2.68. The number of carbonyl (C=O) groups is 1. The highest BCUT2D eigenvalue weighted by Gasteiger charge is 2.70. The molecule has 0 aromatic carbocycles. The van der Waals surface area contributed by atoms with Gasteiger partial charge in [0.2, 0.25) is 6.29 Å². The highest BCUT2D eigenvalue weighted by molar-refractivity contribution is 5.77. The van der Waals surface area contributed by atoms with Crippen molar-refractivity contribution in [3.63, 3.8) is 0 Å². The second-order valence-corrected chi connectivity index (χ2v) is 23.2. The third-order valence-electron chi connectivity index (χ3n) is 18.8. The quantitative estimate of drug-likeness (QED) is 0.0437. The SMILES string of the molecule is C=C1C[C@@]23CC[C@H]4[C@@](C)(CCC[C@@]4(C)C(=O)O[C@@H]4O[C@H](CO[C@@H]5CO[C@H](O)[C@H](O)[C@H]5O)[C@@H](O)[C@H](O)[C@H]4O)[C@@H]2CC[C@]1(O[C@@H]1O[C@H](CO)[C@@H](O)[C@H](O[C@@H]2O[C@H](CO)[C@@H](O)[C@H](O)[C@H]2O)[C@H]1O[C@@H]1O[C@H](CO)[C@@H](O)[C@H](O)[C@H]1O)C3. The van der Waals surface area contributed by atoms with Crippen molar-refractivity contribution in [1.82, 2.24) is 0 Å². The predicted octanol–water partition coefficient (Wildman–Crippen LogP) is -6.65. The molecule has 0 amide bonds. The van der Waals surface area contributed by atoms with E-state index in [0.717, 1.165) is 6.42 Å². The van der Waals surface area contributed by atoms with Gasteiger partial charge in [0.25, 0.3) is 0 Å². The Morgan fingerprint density at radius 3 is 1.71 bits per heavy atom. The molecule has 4 aliphatic carbocycles. The van der Waals surface area contributed by atoms with Gasteiger partial charge in [-0.1, -0.05) is 19.9 Å². The lowest BCUT2D eigenvalue weighted by molar-refractivity contribution is -0.400. The standard InChI is InChI=1S/C49H78O27/c1-18-11-48-9-5-24-46(2,7-4-8-47(24,3)45(66)75-43-37(64)33(60)29(56)23(72-43)16-67-22-15-68-40(65)34(61)28(22)55)25(48)6-10-49(18,17-48)76-44-39(74-42-36(63)32(59)27(54)20(13-51)70-42)38(30(57)21(14-52)71-44)73-41-35(62)31(58)26(53)19(12-50)69-41/h19-44,50-65H,1,4-17H2,2-3H3/t19-,20-,21-,22-,23-,24+,25+,26-,27-,28+,29-,30-,31+,32+,33+,34-,35-,36-,37-,38+,39-,40+,41+,42+,43+,44+,46-,47-,48-,49+/m1/s1. The summed E-state index contributed by atoms with van der Waals surface area (Å²) in [5.41, 5.74) is -2.60. The van der Waals surface area contributed by atoms with Crippen LogP contribution in [-0.4, -0.2) is 274 Å². The van der Waals surface area contributed by atoms with Crippen LogP contribution in [0.15, 0.2) is 12.2 Å². The summed E-state index contributed by atoms with van der Waals surface area (Å²) < 4.78 is 59.4. The molecule has 1 spiro atoms. The molecule has 436 valence electrons. The molecule has 0 aromatic heterocycles. The summed E-state index contributed by atoms with van der Waals surface area (Å²) in [6, 6.07) is 0. The molecular weight excluding hydrogens is 1020 g/mol. The third kappa shape index (κ3) is 10.1. The van der Waals surface area contributed by atoms with Crippen molar-refractivity contribution in [1.29, 1.82) is 0 Å². The van der Waals surface area contributed by atoms with Gasteiger partial charge in [-0.25, -0.2) is 0 Å². The van der Waals surface area contributed by atoms with Gasteiger partial charge in [0.15, 0.2) is 25.2 Å². The molecule has 9 aliphatic rings. The first-order valence-electron chi connectivity index (χ1n) is 26.3. The zero-order valence-electron chi connectivity index (χ0n) is 42.3. The smallest absolute Gasteiger partial charge is 0.314 e. The van der Waals surface area contributed by atoms with Crippen molar-refractivity contribution in [2.45, 2.75) is 225 Å². The van der Waals surface area contributed by atoms with E-state index in [4.69, 9.17) is 47.4 Å². The molecule has 5 heterocycles. The van der Waals surface area contributed by atoms with Gasteiger partial charge in [-0.3, -0.25) is 4.79 Å². The first kappa shape index (κ1) is 58.9. The van der Waals surface area contributed by atoms with Gasteiger partial charge in [-0.15, -0.1) is 0 Å². The van der Waals surface area contributed by atoms with Crippen LogP contribution in [0.3, 0.4) is 0 Å². The first-order valence-corrected chi connectivity index (χ1v) is 26.3. The maximum absolute atomic E-state index is 14.6. The second-order valence-electron chi connectivity index (χ2n) is 23.2. The topological polar surface area (TPSA) is 433 Å². The second kappa shape index (κ2) is 22.5. The predicted molar refractivity (Wildman–Crippen MR) is 246 cm³/mol. The number of carbonyl (C=O) groups excluding carboxylic acids is 1. The lowest BCUT2D eigenvalue weighted by atomic mass is 9.41. The van der Waals surface area contributed by atoms with E-state index in [0.29, 0.717) is 56.9 Å². The van der Waals surface area contributed by atoms with Crippen LogP contribution in [0.4, 0.5) is 0 Å². The molecule has 27 nitrogen and oxygen atoms in total. The highest BCUT2D eigenvalue weighted by atomic mass is 16.8. The monoisotopic (exact) mass is 1100 g/mol. The molecule has 0 aromatic rings. The molecule has 76 heavy (non-hydrogen) atoms. The number of hydrogen-bond acceptors (Lipinski definition) is 27. The Morgan fingerprint density at radius 1 is 0.579 bits per heavy atom.